The molecule has 0 aromatic heterocycles. The van der Waals surface area contributed by atoms with Crippen LogP contribution in [0.1, 0.15) is 6.92 Å². The number of nitrogens with one attached hydrogen (secondary N) is 1. The molecule has 1 saturated heterocycles. The third-order valence-corrected chi connectivity index (χ3v) is 5.32. The fourth-order valence-electron chi connectivity index (χ4n) is 3.21. The van der Waals surface area contributed by atoms with Gasteiger partial charge in [0.2, 0.25) is 5.91 Å². The smallest absolute Gasteiger partial charge is 0.294 e. The molecule has 1 heterocycles. The summed E-state index contributed by atoms with van der Waals surface area (Å²) in [5.74, 6) is -0.103. The molecule has 148 valence electrons. The Morgan fingerprint density at radius 1 is 1.07 bits per heavy atom. The Morgan fingerprint density at radius 3 is 2.29 bits per heavy atom. The topological polar surface area (TPSA) is 78.7 Å². The zero-order valence-corrected chi connectivity index (χ0v) is 16.8. The summed E-state index contributed by atoms with van der Waals surface area (Å²) in [6.45, 7) is 4.26. The molecular formula is C19H20Cl2N4O3. The van der Waals surface area contributed by atoms with Crippen LogP contribution < -0.4 is 10.2 Å². The number of anilines is 2. The van der Waals surface area contributed by atoms with Crippen LogP contribution in [0.15, 0.2) is 42.5 Å². The summed E-state index contributed by atoms with van der Waals surface area (Å²) in [7, 11) is 0. The van der Waals surface area contributed by atoms with Crippen LogP contribution in [0.5, 0.6) is 0 Å². The molecule has 1 aliphatic heterocycles. The van der Waals surface area contributed by atoms with Crippen molar-refractivity contribution >= 4 is 46.2 Å². The molecule has 1 atom stereocenters. The highest BCUT2D eigenvalue weighted by Crippen LogP contribution is 2.31. The lowest BCUT2D eigenvalue weighted by atomic mass is 10.1. The van der Waals surface area contributed by atoms with E-state index in [0.29, 0.717) is 47.6 Å². The maximum Gasteiger partial charge on any atom is 0.294 e. The molecule has 3 rings (SSSR count). The van der Waals surface area contributed by atoms with Crippen molar-refractivity contribution in [3.05, 3.63) is 62.6 Å². The number of carbonyl (C=O) groups is 1. The average molecular weight is 423 g/mol. The van der Waals surface area contributed by atoms with E-state index in [9.17, 15) is 14.9 Å². The lowest BCUT2D eigenvalue weighted by Crippen LogP contribution is -2.53. The van der Waals surface area contributed by atoms with Gasteiger partial charge in [-0.3, -0.25) is 19.8 Å². The fraction of sp³-hybridized carbons (Fsp3) is 0.316. The van der Waals surface area contributed by atoms with Crippen LogP contribution in [-0.4, -0.2) is 48.0 Å². The number of benzene rings is 2. The summed E-state index contributed by atoms with van der Waals surface area (Å²) < 4.78 is 0. The van der Waals surface area contributed by atoms with Crippen LogP contribution in [0.2, 0.25) is 10.0 Å². The molecule has 9 heteroatoms. The molecule has 0 bridgehead atoms. The first-order valence-corrected chi connectivity index (χ1v) is 9.60. The minimum absolute atomic E-state index is 0.00511. The van der Waals surface area contributed by atoms with Gasteiger partial charge in [0, 0.05) is 48.0 Å². The average Bonchev–Trinajstić information content (AvgIpc) is 2.69. The maximum atomic E-state index is 12.5. The molecule has 7 nitrogen and oxygen atoms in total. The van der Waals surface area contributed by atoms with Gasteiger partial charge in [-0.2, -0.15) is 0 Å². The first-order chi connectivity index (χ1) is 13.3. The summed E-state index contributed by atoms with van der Waals surface area (Å²) in [5.41, 5.74) is 1.23. The van der Waals surface area contributed by atoms with Gasteiger partial charge in [0.15, 0.2) is 0 Å². The molecule has 0 spiro atoms. The number of nitro groups is 1. The Bertz CT molecular complexity index is 868. The van der Waals surface area contributed by atoms with Gasteiger partial charge in [-0.1, -0.05) is 23.2 Å². The summed E-state index contributed by atoms with van der Waals surface area (Å²) in [6, 6.07) is 11.3. The zero-order chi connectivity index (χ0) is 20.3. The van der Waals surface area contributed by atoms with E-state index >= 15 is 0 Å². The number of rotatable bonds is 5. The van der Waals surface area contributed by atoms with Crippen LogP contribution in [0.3, 0.4) is 0 Å². The Kier molecular flexibility index (Phi) is 6.39. The number of halogens is 2. The Labute approximate surface area is 173 Å². The van der Waals surface area contributed by atoms with Gasteiger partial charge >= 0.3 is 0 Å². The second-order valence-corrected chi connectivity index (χ2v) is 7.46. The largest absolute Gasteiger partial charge is 0.363 e. The highest BCUT2D eigenvalue weighted by atomic mass is 35.5. The molecule has 1 fully saturated rings. The Balaban J connectivity index is 1.61. The van der Waals surface area contributed by atoms with Crippen LogP contribution in [0.4, 0.5) is 17.1 Å². The molecule has 0 radical (unpaired) electrons. The highest BCUT2D eigenvalue weighted by molar-refractivity contribution is 6.31. The molecule has 1 aliphatic rings. The molecule has 1 N–H and O–H groups in total. The maximum absolute atomic E-state index is 12.5. The van der Waals surface area contributed by atoms with Crippen LogP contribution in [-0.2, 0) is 4.79 Å². The molecule has 28 heavy (non-hydrogen) atoms. The molecular weight excluding hydrogens is 403 g/mol. The van der Waals surface area contributed by atoms with Gasteiger partial charge in [0.25, 0.3) is 5.69 Å². The number of hydrogen-bond donors (Lipinski definition) is 1. The standard InChI is InChI=1S/C19H20Cl2N4O3/c1-13(19(26)22-16-5-2-14(20)3-6-16)23-8-10-24(11-9-23)17-7-4-15(21)12-18(17)25(27)28/h2-7,12-13H,8-11H2,1H3,(H,22,26). The van der Waals surface area contributed by atoms with Gasteiger partial charge in [0.05, 0.1) is 11.0 Å². The van der Waals surface area contributed by atoms with E-state index in [-0.39, 0.29) is 17.6 Å². The van der Waals surface area contributed by atoms with E-state index in [1.54, 1.807) is 36.4 Å². The number of nitro benzene ring substituents is 1. The van der Waals surface area contributed by atoms with Crippen LogP contribution in [0, 0.1) is 10.1 Å². The van der Waals surface area contributed by atoms with Gasteiger partial charge in [-0.15, -0.1) is 0 Å². The Morgan fingerprint density at radius 2 is 1.68 bits per heavy atom. The van der Waals surface area contributed by atoms with Crippen molar-refractivity contribution in [3.8, 4) is 0 Å². The number of nitrogens with zero attached hydrogens (tertiary/aromatic N) is 3. The quantitative estimate of drug-likeness (QED) is 0.580. The van der Waals surface area contributed by atoms with E-state index < -0.39 is 4.92 Å². The molecule has 1 amide bonds. The van der Waals surface area contributed by atoms with Crippen LogP contribution in [0.25, 0.3) is 0 Å². The Hall–Kier alpha value is -2.35. The summed E-state index contributed by atoms with van der Waals surface area (Å²) in [4.78, 5) is 27.4. The number of amides is 1. The second kappa shape index (κ2) is 8.77. The monoisotopic (exact) mass is 422 g/mol. The van der Waals surface area contributed by atoms with Crippen molar-refractivity contribution in [2.75, 3.05) is 36.4 Å². The van der Waals surface area contributed by atoms with Crippen LogP contribution >= 0.6 is 23.2 Å². The summed E-state index contributed by atoms with van der Waals surface area (Å²) in [6.07, 6.45) is 0. The lowest BCUT2D eigenvalue weighted by Gasteiger charge is -2.38. The van der Waals surface area contributed by atoms with Gasteiger partial charge in [-0.25, -0.2) is 0 Å². The van der Waals surface area contributed by atoms with Gasteiger partial charge in [-0.05, 0) is 43.3 Å². The first-order valence-electron chi connectivity index (χ1n) is 8.84. The van der Waals surface area contributed by atoms with Crippen molar-refractivity contribution in [3.63, 3.8) is 0 Å². The van der Waals surface area contributed by atoms with Crippen molar-refractivity contribution in [2.24, 2.45) is 0 Å². The molecule has 2 aromatic carbocycles. The molecule has 0 saturated carbocycles. The SMILES string of the molecule is CC(C(=O)Nc1ccc(Cl)cc1)N1CCN(c2ccc(Cl)cc2[N+](=O)[O-])CC1. The van der Waals surface area contributed by atoms with E-state index in [1.807, 2.05) is 11.8 Å². The second-order valence-electron chi connectivity index (χ2n) is 6.59. The van der Waals surface area contributed by atoms with E-state index in [2.05, 4.69) is 10.2 Å². The third kappa shape index (κ3) is 4.73. The van der Waals surface area contributed by atoms with E-state index in [0.717, 1.165) is 0 Å². The first kappa shape index (κ1) is 20.4. The zero-order valence-electron chi connectivity index (χ0n) is 15.3. The summed E-state index contributed by atoms with van der Waals surface area (Å²) in [5, 5.41) is 15.1. The van der Waals surface area contributed by atoms with Crippen molar-refractivity contribution in [1.82, 2.24) is 4.90 Å². The molecule has 2 aromatic rings. The minimum atomic E-state index is -0.421. The third-order valence-electron chi connectivity index (χ3n) is 4.83. The predicted octanol–water partition coefficient (Wildman–Crippen LogP) is 4.05. The number of hydrogen-bond acceptors (Lipinski definition) is 5. The van der Waals surface area contributed by atoms with Crippen molar-refractivity contribution < 1.29 is 9.72 Å². The molecule has 1 unspecified atom stereocenters. The fourth-order valence-corrected chi connectivity index (χ4v) is 3.50. The summed E-state index contributed by atoms with van der Waals surface area (Å²) >= 11 is 11.8. The van der Waals surface area contributed by atoms with E-state index in [1.165, 1.54) is 6.07 Å². The van der Waals surface area contributed by atoms with Crippen molar-refractivity contribution in [1.29, 1.82) is 0 Å². The van der Waals surface area contributed by atoms with Crippen molar-refractivity contribution in [2.45, 2.75) is 13.0 Å². The minimum Gasteiger partial charge on any atom is -0.363 e. The normalized spacial score (nSPS) is 15.9. The highest BCUT2D eigenvalue weighted by Gasteiger charge is 2.28. The molecule has 0 aliphatic carbocycles. The van der Waals surface area contributed by atoms with E-state index in [4.69, 9.17) is 23.2 Å². The lowest BCUT2D eigenvalue weighted by molar-refractivity contribution is -0.384. The predicted molar refractivity (Wildman–Crippen MR) is 111 cm³/mol. The number of carbonyl (C=O) groups excluding carboxylic acids is 1. The number of piperazine rings is 1. The van der Waals surface area contributed by atoms with Gasteiger partial charge in [0.1, 0.15) is 5.69 Å². The van der Waals surface area contributed by atoms with Gasteiger partial charge < -0.3 is 10.2 Å².